The van der Waals surface area contributed by atoms with Gasteiger partial charge < -0.3 is 5.32 Å². The second-order valence-electron chi connectivity index (χ2n) is 6.60. The number of carbonyl (C=O) groups excluding carboxylic acids is 3. The summed E-state index contributed by atoms with van der Waals surface area (Å²) in [7, 11) is -3.06. The molecule has 1 aromatic carbocycles. The number of hydrazine groups is 1. The van der Waals surface area contributed by atoms with E-state index < -0.39 is 21.7 Å². The van der Waals surface area contributed by atoms with Gasteiger partial charge in [-0.15, -0.1) is 11.3 Å². The molecule has 1 saturated heterocycles. The van der Waals surface area contributed by atoms with Gasteiger partial charge in [0.1, 0.15) is 0 Å². The molecule has 1 aliphatic heterocycles. The average molecular weight is 456 g/mol. The average Bonchev–Trinajstić information content (AvgIpc) is 3.31. The molecule has 8 nitrogen and oxygen atoms in total. The van der Waals surface area contributed by atoms with E-state index in [4.69, 9.17) is 11.6 Å². The fraction of sp³-hybridized carbons (Fsp3) is 0.278. The second-order valence-corrected chi connectivity index (χ2v) is 10.2. The van der Waals surface area contributed by atoms with Gasteiger partial charge in [-0.1, -0.05) is 17.7 Å². The topological polar surface area (TPSA) is 121 Å². The van der Waals surface area contributed by atoms with Crippen LogP contribution in [0.25, 0.3) is 0 Å². The molecule has 1 unspecified atom stereocenters. The number of thiophene rings is 1. The van der Waals surface area contributed by atoms with Crippen molar-refractivity contribution >= 4 is 56.2 Å². The van der Waals surface area contributed by atoms with E-state index in [1.165, 1.54) is 29.5 Å². The standard InChI is InChI=1S/C18H18ClN3O5S2/c19-13-4-3-12(9-14(13)20-18(25)15-2-1-6-28-15)17(24)22-21-16(23)8-11-5-7-29(26,27)10-11/h1-4,6,9,11H,5,7-8,10H2,(H,20,25)(H,21,23)(H,22,24). The van der Waals surface area contributed by atoms with Gasteiger partial charge in [-0.2, -0.15) is 0 Å². The summed E-state index contributed by atoms with van der Waals surface area (Å²) < 4.78 is 22.9. The number of halogens is 1. The van der Waals surface area contributed by atoms with Crippen molar-refractivity contribution in [2.75, 3.05) is 16.8 Å². The summed E-state index contributed by atoms with van der Waals surface area (Å²) in [6.45, 7) is 0. The number of carbonyl (C=O) groups is 3. The SMILES string of the molecule is O=C(CC1CCS(=O)(=O)C1)NNC(=O)c1ccc(Cl)c(NC(=O)c2cccs2)c1. The lowest BCUT2D eigenvalue weighted by Gasteiger charge is -2.11. The molecule has 1 atom stereocenters. The van der Waals surface area contributed by atoms with E-state index >= 15 is 0 Å². The molecule has 3 amide bonds. The monoisotopic (exact) mass is 455 g/mol. The van der Waals surface area contributed by atoms with Crippen LogP contribution in [-0.4, -0.2) is 37.6 Å². The van der Waals surface area contributed by atoms with E-state index in [0.717, 1.165) is 0 Å². The number of benzene rings is 1. The Balaban J connectivity index is 1.56. The molecular formula is C18H18ClN3O5S2. The fourth-order valence-electron chi connectivity index (χ4n) is 2.90. The molecular weight excluding hydrogens is 438 g/mol. The highest BCUT2D eigenvalue weighted by Crippen LogP contribution is 2.24. The van der Waals surface area contributed by atoms with Gasteiger partial charge >= 0.3 is 0 Å². The Hall–Kier alpha value is -2.43. The van der Waals surface area contributed by atoms with Gasteiger partial charge in [0.25, 0.3) is 11.8 Å². The third kappa shape index (κ3) is 5.78. The molecule has 29 heavy (non-hydrogen) atoms. The largest absolute Gasteiger partial charge is 0.320 e. The lowest BCUT2D eigenvalue weighted by molar-refractivity contribution is -0.122. The molecule has 3 rings (SSSR count). The van der Waals surface area contributed by atoms with Crippen LogP contribution in [0.5, 0.6) is 0 Å². The number of sulfone groups is 1. The number of anilines is 1. The maximum absolute atomic E-state index is 12.3. The molecule has 0 aliphatic carbocycles. The van der Waals surface area contributed by atoms with E-state index in [-0.39, 0.29) is 46.0 Å². The summed E-state index contributed by atoms with van der Waals surface area (Å²) in [5, 5.41) is 4.67. The van der Waals surface area contributed by atoms with E-state index in [0.29, 0.717) is 11.3 Å². The van der Waals surface area contributed by atoms with Gasteiger partial charge in [-0.25, -0.2) is 8.42 Å². The molecule has 2 heterocycles. The molecule has 154 valence electrons. The second kappa shape index (κ2) is 8.93. The Morgan fingerprint density at radius 1 is 1.14 bits per heavy atom. The lowest BCUT2D eigenvalue weighted by Crippen LogP contribution is -2.42. The third-order valence-corrected chi connectivity index (χ3v) is 7.37. The minimum Gasteiger partial charge on any atom is -0.320 e. The molecule has 11 heteroatoms. The van der Waals surface area contributed by atoms with Gasteiger partial charge in [0.2, 0.25) is 5.91 Å². The first-order valence-corrected chi connectivity index (χ1v) is 11.8. The number of hydrogen-bond donors (Lipinski definition) is 3. The Kier molecular flexibility index (Phi) is 6.56. The van der Waals surface area contributed by atoms with Crippen LogP contribution in [0, 0.1) is 5.92 Å². The maximum Gasteiger partial charge on any atom is 0.269 e. The van der Waals surface area contributed by atoms with Crippen molar-refractivity contribution < 1.29 is 22.8 Å². The van der Waals surface area contributed by atoms with E-state index in [2.05, 4.69) is 16.2 Å². The Morgan fingerprint density at radius 3 is 2.59 bits per heavy atom. The zero-order valence-corrected chi connectivity index (χ0v) is 17.5. The Labute approximate surface area is 176 Å². The predicted molar refractivity (Wildman–Crippen MR) is 111 cm³/mol. The van der Waals surface area contributed by atoms with Gasteiger partial charge in [-0.3, -0.25) is 25.2 Å². The molecule has 1 fully saturated rings. The highest BCUT2D eigenvalue weighted by atomic mass is 35.5. The van der Waals surface area contributed by atoms with Crippen molar-refractivity contribution in [2.24, 2.45) is 5.92 Å². The Morgan fingerprint density at radius 2 is 1.93 bits per heavy atom. The number of nitrogens with one attached hydrogen (secondary N) is 3. The molecule has 0 saturated carbocycles. The third-order valence-electron chi connectivity index (χ3n) is 4.34. The molecule has 0 radical (unpaired) electrons. The minimum absolute atomic E-state index is 0.0150. The maximum atomic E-state index is 12.3. The molecule has 0 spiro atoms. The summed E-state index contributed by atoms with van der Waals surface area (Å²) in [5.74, 6) is -1.59. The van der Waals surface area contributed by atoms with Crippen molar-refractivity contribution in [2.45, 2.75) is 12.8 Å². The van der Waals surface area contributed by atoms with Crippen LogP contribution in [0.15, 0.2) is 35.7 Å². The van der Waals surface area contributed by atoms with Crippen molar-refractivity contribution in [1.82, 2.24) is 10.9 Å². The highest BCUT2D eigenvalue weighted by molar-refractivity contribution is 7.91. The van der Waals surface area contributed by atoms with E-state index in [1.54, 1.807) is 17.5 Å². The van der Waals surface area contributed by atoms with Crippen molar-refractivity contribution in [1.29, 1.82) is 0 Å². The van der Waals surface area contributed by atoms with Crippen LogP contribution in [0.4, 0.5) is 5.69 Å². The van der Waals surface area contributed by atoms with Crippen LogP contribution in [0.2, 0.25) is 5.02 Å². The minimum atomic E-state index is -3.06. The lowest BCUT2D eigenvalue weighted by atomic mass is 10.1. The van der Waals surface area contributed by atoms with Gasteiger partial charge in [0, 0.05) is 12.0 Å². The fourth-order valence-corrected chi connectivity index (χ4v) is 5.54. The number of hydrogen-bond acceptors (Lipinski definition) is 6. The normalized spacial score (nSPS) is 17.5. The molecule has 2 aromatic rings. The zero-order valence-electron chi connectivity index (χ0n) is 15.1. The summed E-state index contributed by atoms with van der Waals surface area (Å²) in [6.07, 6.45) is 0.455. The van der Waals surface area contributed by atoms with E-state index in [9.17, 15) is 22.8 Å². The first-order chi connectivity index (χ1) is 13.7. The first kappa shape index (κ1) is 21.3. The van der Waals surface area contributed by atoms with Crippen LogP contribution in [-0.2, 0) is 14.6 Å². The first-order valence-electron chi connectivity index (χ1n) is 8.67. The van der Waals surface area contributed by atoms with Crippen molar-refractivity contribution in [3.63, 3.8) is 0 Å². The Bertz CT molecular complexity index is 1040. The van der Waals surface area contributed by atoms with Crippen molar-refractivity contribution in [3.05, 3.63) is 51.2 Å². The van der Waals surface area contributed by atoms with Crippen LogP contribution in [0.1, 0.15) is 32.9 Å². The van der Waals surface area contributed by atoms with Gasteiger partial charge in [0.15, 0.2) is 9.84 Å². The summed E-state index contributed by atoms with van der Waals surface area (Å²) in [5.41, 5.74) is 5.00. The highest BCUT2D eigenvalue weighted by Gasteiger charge is 2.29. The smallest absolute Gasteiger partial charge is 0.269 e. The summed E-state index contributed by atoms with van der Waals surface area (Å²) in [6, 6.07) is 7.73. The van der Waals surface area contributed by atoms with Crippen LogP contribution in [0.3, 0.4) is 0 Å². The van der Waals surface area contributed by atoms with Gasteiger partial charge in [-0.05, 0) is 42.0 Å². The van der Waals surface area contributed by atoms with Crippen LogP contribution < -0.4 is 16.2 Å². The number of amides is 3. The molecule has 1 aromatic heterocycles. The van der Waals surface area contributed by atoms with E-state index in [1.807, 2.05) is 0 Å². The van der Waals surface area contributed by atoms with Gasteiger partial charge in [0.05, 0.1) is 27.1 Å². The predicted octanol–water partition coefficient (Wildman–Crippen LogP) is 2.24. The quantitative estimate of drug-likeness (QED) is 0.597. The zero-order chi connectivity index (χ0) is 21.0. The van der Waals surface area contributed by atoms with Crippen molar-refractivity contribution in [3.8, 4) is 0 Å². The summed E-state index contributed by atoms with van der Waals surface area (Å²) in [4.78, 5) is 36.9. The summed E-state index contributed by atoms with van der Waals surface area (Å²) >= 11 is 7.36. The molecule has 3 N–H and O–H groups in total. The van der Waals surface area contributed by atoms with Crippen LogP contribution >= 0.6 is 22.9 Å². The molecule has 0 bridgehead atoms. The molecule has 1 aliphatic rings. The number of rotatable bonds is 5.